The fourth-order valence-electron chi connectivity index (χ4n) is 1.60. The summed E-state index contributed by atoms with van der Waals surface area (Å²) in [5.41, 5.74) is 1.31. The third-order valence-electron chi connectivity index (χ3n) is 2.46. The average molecular weight is 293 g/mol. The molecule has 0 fully saturated rings. The number of Topliss-reactive ketones (excluding diaryl/α,β-unsaturated/α-hetero) is 1. The summed E-state index contributed by atoms with van der Waals surface area (Å²) in [4.78, 5) is 12.0. The Morgan fingerprint density at radius 3 is 2.47 bits per heavy atom. The van der Waals surface area contributed by atoms with E-state index in [0.717, 1.165) is 5.56 Å². The molecule has 17 heavy (non-hydrogen) atoms. The molecule has 0 radical (unpaired) electrons. The van der Waals surface area contributed by atoms with Gasteiger partial charge in [-0.1, -0.05) is 42.5 Å². The Morgan fingerprint density at radius 2 is 1.76 bits per heavy atom. The normalized spacial score (nSPS) is 10.2. The molecule has 0 saturated carbocycles. The summed E-state index contributed by atoms with van der Waals surface area (Å²) in [6.07, 6.45) is 0.281. The number of halogens is 2. The van der Waals surface area contributed by atoms with Crippen molar-refractivity contribution in [3.05, 3.63) is 69.9 Å². The molecular formula is C14H10BrFO. The van der Waals surface area contributed by atoms with Crippen LogP contribution < -0.4 is 0 Å². The Hall–Kier alpha value is -1.48. The molecule has 86 valence electrons. The maximum absolute atomic E-state index is 13.3. The van der Waals surface area contributed by atoms with Crippen molar-refractivity contribution in [1.29, 1.82) is 0 Å². The molecule has 0 unspecified atom stereocenters. The lowest BCUT2D eigenvalue weighted by atomic mass is 10.0. The standard InChI is InChI=1S/C14H10BrFO/c15-14-11(7-4-8-12(14)16)13(17)9-10-5-2-1-3-6-10/h1-8H,9H2. The summed E-state index contributed by atoms with van der Waals surface area (Å²) < 4.78 is 13.5. The van der Waals surface area contributed by atoms with Crippen LogP contribution in [0.25, 0.3) is 0 Å². The molecule has 2 aromatic carbocycles. The highest BCUT2D eigenvalue weighted by atomic mass is 79.9. The Labute approximate surface area is 107 Å². The fraction of sp³-hybridized carbons (Fsp3) is 0.0714. The summed E-state index contributed by atoms with van der Waals surface area (Å²) in [6.45, 7) is 0. The summed E-state index contributed by atoms with van der Waals surface area (Å²) in [6, 6.07) is 13.9. The SMILES string of the molecule is O=C(Cc1ccccc1)c1cccc(F)c1Br. The van der Waals surface area contributed by atoms with Crippen LogP contribution in [-0.4, -0.2) is 5.78 Å². The van der Waals surface area contributed by atoms with Crippen LogP contribution in [0.2, 0.25) is 0 Å². The van der Waals surface area contributed by atoms with Crippen molar-refractivity contribution >= 4 is 21.7 Å². The van der Waals surface area contributed by atoms with Gasteiger partial charge in [0.2, 0.25) is 0 Å². The van der Waals surface area contributed by atoms with Gasteiger partial charge in [-0.05, 0) is 27.6 Å². The van der Waals surface area contributed by atoms with E-state index < -0.39 is 5.82 Å². The zero-order valence-electron chi connectivity index (χ0n) is 8.99. The minimum absolute atomic E-state index is 0.0948. The van der Waals surface area contributed by atoms with Crippen LogP contribution in [0.4, 0.5) is 4.39 Å². The zero-order valence-corrected chi connectivity index (χ0v) is 10.6. The molecule has 0 amide bonds. The van der Waals surface area contributed by atoms with Crippen molar-refractivity contribution in [3.63, 3.8) is 0 Å². The lowest BCUT2D eigenvalue weighted by Gasteiger charge is -2.04. The first-order valence-corrected chi connectivity index (χ1v) is 5.99. The van der Waals surface area contributed by atoms with E-state index in [-0.39, 0.29) is 16.7 Å². The van der Waals surface area contributed by atoms with Crippen molar-refractivity contribution in [1.82, 2.24) is 0 Å². The average Bonchev–Trinajstić information content (AvgIpc) is 2.34. The Balaban J connectivity index is 2.24. The first-order valence-electron chi connectivity index (χ1n) is 5.19. The fourth-order valence-corrected chi connectivity index (χ4v) is 2.08. The van der Waals surface area contributed by atoms with Gasteiger partial charge in [0.05, 0.1) is 4.47 Å². The van der Waals surface area contributed by atoms with Crippen LogP contribution in [-0.2, 0) is 6.42 Å². The van der Waals surface area contributed by atoms with E-state index in [0.29, 0.717) is 5.56 Å². The second kappa shape index (κ2) is 5.23. The van der Waals surface area contributed by atoms with Crippen molar-refractivity contribution in [2.24, 2.45) is 0 Å². The molecule has 2 rings (SSSR count). The van der Waals surface area contributed by atoms with Crippen LogP contribution in [0.5, 0.6) is 0 Å². The molecular weight excluding hydrogens is 283 g/mol. The molecule has 0 aromatic heterocycles. The first kappa shape index (κ1) is 12.0. The largest absolute Gasteiger partial charge is 0.294 e. The molecule has 1 nitrogen and oxygen atoms in total. The molecule has 0 bridgehead atoms. The van der Waals surface area contributed by atoms with Crippen LogP contribution in [0.15, 0.2) is 53.0 Å². The quantitative estimate of drug-likeness (QED) is 0.781. The van der Waals surface area contributed by atoms with Crippen LogP contribution in [0.1, 0.15) is 15.9 Å². The van der Waals surface area contributed by atoms with Gasteiger partial charge in [0.15, 0.2) is 5.78 Å². The van der Waals surface area contributed by atoms with Crippen LogP contribution in [0.3, 0.4) is 0 Å². The van der Waals surface area contributed by atoms with Gasteiger partial charge in [-0.2, -0.15) is 0 Å². The minimum atomic E-state index is -0.413. The topological polar surface area (TPSA) is 17.1 Å². The van der Waals surface area contributed by atoms with Gasteiger partial charge >= 0.3 is 0 Å². The third kappa shape index (κ3) is 2.80. The van der Waals surface area contributed by atoms with Gasteiger partial charge in [0, 0.05) is 12.0 Å². The number of hydrogen-bond acceptors (Lipinski definition) is 1. The summed E-state index contributed by atoms with van der Waals surface area (Å²) in [5, 5.41) is 0. The number of benzene rings is 2. The van der Waals surface area contributed by atoms with Gasteiger partial charge in [-0.15, -0.1) is 0 Å². The van der Waals surface area contributed by atoms with Crippen molar-refractivity contribution in [2.45, 2.75) is 6.42 Å². The highest BCUT2D eigenvalue weighted by molar-refractivity contribution is 9.10. The summed E-state index contributed by atoms with van der Waals surface area (Å²) in [7, 11) is 0. The lowest BCUT2D eigenvalue weighted by Crippen LogP contribution is -2.05. The maximum atomic E-state index is 13.3. The molecule has 0 heterocycles. The van der Waals surface area contributed by atoms with Crippen LogP contribution >= 0.6 is 15.9 Å². The second-order valence-electron chi connectivity index (χ2n) is 3.69. The molecule has 0 N–H and O–H groups in total. The van der Waals surface area contributed by atoms with E-state index in [4.69, 9.17) is 0 Å². The molecule has 0 atom stereocenters. The Kier molecular flexibility index (Phi) is 3.69. The van der Waals surface area contributed by atoms with E-state index in [2.05, 4.69) is 15.9 Å². The predicted octanol–water partition coefficient (Wildman–Crippen LogP) is 4.01. The Morgan fingerprint density at radius 1 is 1.06 bits per heavy atom. The van der Waals surface area contributed by atoms with E-state index in [1.807, 2.05) is 30.3 Å². The van der Waals surface area contributed by atoms with Crippen molar-refractivity contribution in [3.8, 4) is 0 Å². The highest BCUT2D eigenvalue weighted by Crippen LogP contribution is 2.21. The van der Waals surface area contributed by atoms with Gasteiger partial charge < -0.3 is 0 Å². The van der Waals surface area contributed by atoms with Gasteiger partial charge in [0.1, 0.15) is 5.82 Å². The number of hydrogen-bond donors (Lipinski definition) is 0. The predicted molar refractivity (Wildman–Crippen MR) is 68.6 cm³/mol. The van der Waals surface area contributed by atoms with E-state index in [9.17, 15) is 9.18 Å². The number of ketones is 1. The molecule has 0 aliphatic heterocycles. The summed E-state index contributed by atoms with van der Waals surface area (Å²) >= 11 is 3.10. The first-order chi connectivity index (χ1) is 8.18. The van der Waals surface area contributed by atoms with Crippen molar-refractivity contribution in [2.75, 3.05) is 0 Å². The highest BCUT2D eigenvalue weighted by Gasteiger charge is 2.13. The van der Waals surface area contributed by atoms with Gasteiger partial charge in [0.25, 0.3) is 0 Å². The molecule has 0 saturated heterocycles. The molecule has 3 heteroatoms. The van der Waals surface area contributed by atoms with Gasteiger partial charge in [-0.3, -0.25) is 4.79 Å². The van der Waals surface area contributed by atoms with Gasteiger partial charge in [-0.25, -0.2) is 4.39 Å². The monoisotopic (exact) mass is 292 g/mol. The smallest absolute Gasteiger partial charge is 0.168 e. The zero-order chi connectivity index (χ0) is 12.3. The number of carbonyl (C=O) groups is 1. The molecule has 0 aliphatic carbocycles. The van der Waals surface area contributed by atoms with E-state index in [1.165, 1.54) is 6.07 Å². The molecule has 0 spiro atoms. The van der Waals surface area contributed by atoms with E-state index in [1.54, 1.807) is 12.1 Å². The molecule has 0 aliphatic rings. The summed E-state index contributed by atoms with van der Waals surface area (Å²) in [5.74, 6) is -0.508. The lowest BCUT2D eigenvalue weighted by molar-refractivity contribution is 0.0991. The van der Waals surface area contributed by atoms with Crippen LogP contribution in [0, 0.1) is 5.82 Å². The number of rotatable bonds is 3. The maximum Gasteiger partial charge on any atom is 0.168 e. The Bertz CT molecular complexity index is 537. The third-order valence-corrected chi connectivity index (χ3v) is 3.27. The second-order valence-corrected chi connectivity index (χ2v) is 4.48. The van der Waals surface area contributed by atoms with E-state index >= 15 is 0 Å². The molecule has 2 aromatic rings. The minimum Gasteiger partial charge on any atom is -0.294 e. The number of carbonyl (C=O) groups excluding carboxylic acids is 1. The van der Waals surface area contributed by atoms with Crippen molar-refractivity contribution < 1.29 is 9.18 Å².